The molecule has 2 aliphatic heterocycles. The maximum Gasteiger partial charge on any atom is 0.243 e. The van der Waals surface area contributed by atoms with Crippen molar-refractivity contribution in [2.24, 2.45) is 5.92 Å². The third-order valence-electron chi connectivity index (χ3n) is 4.97. The number of carbonyl (C=O) groups is 1. The van der Waals surface area contributed by atoms with Gasteiger partial charge in [-0.2, -0.15) is 0 Å². The molecule has 4 heteroatoms. The van der Waals surface area contributed by atoms with Crippen LogP contribution in [0.15, 0.2) is 0 Å². The minimum absolute atomic E-state index is 0.216. The van der Waals surface area contributed by atoms with Crippen molar-refractivity contribution in [1.82, 2.24) is 15.1 Å². The summed E-state index contributed by atoms with van der Waals surface area (Å²) in [7, 11) is 0. The molecule has 116 valence electrons. The molecule has 2 saturated heterocycles. The van der Waals surface area contributed by atoms with Gasteiger partial charge in [-0.05, 0) is 51.6 Å². The summed E-state index contributed by atoms with van der Waals surface area (Å²) in [5, 5.41) is 3.53. The minimum atomic E-state index is -0.353. The highest BCUT2D eigenvalue weighted by atomic mass is 16.2. The lowest BCUT2D eigenvalue weighted by Gasteiger charge is -2.28. The van der Waals surface area contributed by atoms with Gasteiger partial charge in [-0.25, -0.2) is 0 Å². The maximum atomic E-state index is 12.7. The van der Waals surface area contributed by atoms with Gasteiger partial charge in [0.2, 0.25) is 5.91 Å². The highest BCUT2D eigenvalue weighted by molar-refractivity contribution is 5.88. The first kappa shape index (κ1) is 15.8. The van der Waals surface area contributed by atoms with E-state index in [0.717, 1.165) is 25.9 Å². The molecule has 0 aromatic rings. The van der Waals surface area contributed by atoms with Gasteiger partial charge in [0.1, 0.15) is 0 Å². The Morgan fingerprint density at radius 2 is 1.95 bits per heavy atom. The van der Waals surface area contributed by atoms with Gasteiger partial charge in [-0.1, -0.05) is 20.8 Å². The van der Waals surface area contributed by atoms with E-state index in [9.17, 15) is 4.79 Å². The van der Waals surface area contributed by atoms with Crippen LogP contribution in [-0.2, 0) is 4.79 Å². The fourth-order valence-corrected chi connectivity index (χ4v) is 3.55. The molecule has 0 bridgehead atoms. The summed E-state index contributed by atoms with van der Waals surface area (Å²) < 4.78 is 0. The molecule has 1 amide bonds. The lowest BCUT2D eigenvalue weighted by molar-refractivity contribution is -0.133. The van der Waals surface area contributed by atoms with Gasteiger partial charge in [-0.15, -0.1) is 0 Å². The van der Waals surface area contributed by atoms with Crippen molar-refractivity contribution in [1.29, 1.82) is 0 Å². The smallest absolute Gasteiger partial charge is 0.243 e. The van der Waals surface area contributed by atoms with Crippen molar-refractivity contribution in [3.05, 3.63) is 0 Å². The normalized spacial score (nSPS) is 33.1. The van der Waals surface area contributed by atoms with Crippen LogP contribution in [0.5, 0.6) is 0 Å². The Bertz CT molecular complexity index is 341. The summed E-state index contributed by atoms with van der Waals surface area (Å²) in [5.74, 6) is 0.840. The van der Waals surface area contributed by atoms with Crippen LogP contribution < -0.4 is 5.32 Å². The molecular weight excluding hydrogens is 250 g/mol. The molecule has 3 unspecified atom stereocenters. The second-order valence-electron chi connectivity index (χ2n) is 6.82. The van der Waals surface area contributed by atoms with Crippen molar-refractivity contribution in [2.45, 2.75) is 65.1 Å². The fraction of sp³-hybridized carbons (Fsp3) is 0.938. The second-order valence-corrected chi connectivity index (χ2v) is 6.82. The monoisotopic (exact) mass is 281 g/mol. The summed E-state index contributed by atoms with van der Waals surface area (Å²) in [6.45, 7) is 13.1. The van der Waals surface area contributed by atoms with E-state index in [1.165, 1.54) is 25.9 Å². The standard InChI is InChI=1S/C16H31N3O/c1-5-14-17-16(4,6-2)15(20)19(14)12-13(3)11-18-9-7-8-10-18/h13-14,17H,5-12H2,1-4H3. The van der Waals surface area contributed by atoms with Crippen molar-refractivity contribution < 1.29 is 4.79 Å². The van der Waals surface area contributed by atoms with E-state index in [1.54, 1.807) is 0 Å². The highest BCUT2D eigenvalue weighted by Gasteiger charge is 2.46. The van der Waals surface area contributed by atoms with E-state index in [4.69, 9.17) is 0 Å². The molecule has 20 heavy (non-hydrogen) atoms. The van der Waals surface area contributed by atoms with Crippen LogP contribution in [-0.4, -0.2) is 53.6 Å². The molecule has 0 saturated carbocycles. The van der Waals surface area contributed by atoms with Gasteiger partial charge >= 0.3 is 0 Å². The summed E-state index contributed by atoms with van der Waals surface area (Å²) in [4.78, 5) is 17.3. The number of hydrogen-bond donors (Lipinski definition) is 1. The van der Waals surface area contributed by atoms with Crippen LogP contribution in [0.2, 0.25) is 0 Å². The molecule has 2 aliphatic rings. The largest absolute Gasteiger partial charge is 0.325 e. The van der Waals surface area contributed by atoms with Crippen molar-refractivity contribution >= 4 is 5.91 Å². The zero-order chi connectivity index (χ0) is 14.8. The third-order valence-corrected chi connectivity index (χ3v) is 4.97. The quantitative estimate of drug-likeness (QED) is 0.809. The molecule has 0 spiro atoms. The molecule has 3 atom stereocenters. The molecule has 0 aliphatic carbocycles. The van der Waals surface area contributed by atoms with E-state index in [1.807, 2.05) is 6.92 Å². The lowest BCUT2D eigenvalue weighted by atomic mass is 9.99. The molecular formula is C16H31N3O. The van der Waals surface area contributed by atoms with Crippen LogP contribution in [0.3, 0.4) is 0 Å². The number of hydrogen-bond acceptors (Lipinski definition) is 3. The minimum Gasteiger partial charge on any atom is -0.325 e. The Morgan fingerprint density at radius 1 is 1.30 bits per heavy atom. The Labute approximate surface area is 123 Å². The van der Waals surface area contributed by atoms with E-state index in [0.29, 0.717) is 11.8 Å². The number of likely N-dealkylation sites (tertiary alicyclic amines) is 1. The number of nitrogens with zero attached hydrogens (tertiary/aromatic N) is 2. The Balaban J connectivity index is 1.94. The van der Waals surface area contributed by atoms with E-state index < -0.39 is 0 Å². The van der Waals surface area contributed by atoms with E-state index in [-0.39, 0.29) is 11.7 Å². The molecule has 0 radical (unpaired) electrons. The van der Waals surface area contributed by atoms with Gasteiger partial charge in [-0.3, -0.25) is 10.1 Å². The zero-order valence-corrected chi connectivity index (χ0v) is 13.6. The van der Waals surface area contributed by atoms with Crippen molar-refractivity contribution in [2.75, 3.05) is 26.2 Å². The molecule has 4 nitrogen and oxygen atoms in total. The van der Waals surface area contributed by atoms with Gasteiger partial charge in [0.25, 0.3) is 0 Å². The van der Waals surface area contributed by atoms with Gasteiger partial charge in [0, 0.05) is 13.1 Å². The second kappa shape index (κ2) is 6.44. The van der Waals surface area contributed by atoms with Crippen molar-refractivity contribution in [3.63, 3.8) is 0 Å². The number of amides is 1. The Kier molecular flexibility index (Phi) is 5.08. The maximum absolute atomic E-state index is 12.7. The Hall–Kier alpha value is -0.610. The molecule has 2 fully saturated rings. The van der Waals surface area contributed by atoms with Gasteiger partial charge < -0.3 is 9.80 Å². The SMILES string of the molecule is CCC1NC(C)(CC)C(=O)N1CC(C)CN1CCCC1. The first-order valence-corrected chi connectivity index (χ1v) is 8.31. The molecule has 2 heterocycles. The molecule has 0 aromatic heterocycles. The lowest BCUT2D eigenvalue weighted by Crippen LogP contribution is -2.43. The molecule has 0 aromatic carbocycles. The first-order valence-electron chi connectivity index (χ1n) is 8.31. The predicted molar refractivity (Wildman–Crippen MR) is 82.5 cm³/mol. The van der Waals surface area contributed by atoms with Crippen molar-refractivity contribution in [3.8, 4) is 0 Å². The Morgan fingerprint density at radius 3 is 2.50 bits per heavy atom. The predicted octanol–water partition coefficient (Wildman–Crippen LogP) is 2.05. The summed E-state index contributed by atoms with van der Waals surface area (Å²) in [6, 6.07) is 0. The van der Waals surface area contributed by atoms with E-state index >= 15 is 0 Å². The molecule has 2 rings (SSSR count). The third kappa shape index (κ3) is 3.17. The first-order chi connectivity index (χ1) is 9.50. The average molecular weight is 281 g/mol. The van der Waals surface area contributed by atoms with Gasteiger partial charge in [0.05, 0.1) is 11.7 Å². The summed E-state index contributed by atoms with van der Waals surface area (Å²) in [6.07, 6.45) is 4.73. The van der Waals surface area contributed by atoms with Crippen LogP contribution >= 0.6 is 0 Å². The topological polar surface area (TPSA) is 35.6 Å². The number of carbonyl (C=O) groups excluding carboxylic acids is 1. The molecule has 1 N–H and O–H groups in total. The highest BCUT2D eigenvalue weighted by Crippen LogP contribution is 2.26. The summed E-state index contributed by atoms with van der Waals surface area (Å²) >= 11 is 0. The van der Waals surface area contributed by atoms with Crippen LogP contribution in [0.1, 0.15) is 53.4 Å². The van der Waals surface area contributed by atoms with Gasteiger partial charge in [0.15, 0.2) is 0 Å². The summed E-state index contributed by atoms with van der Waals surface area (Å²) in [5.41, 5.74) is -0.353. The van der Waals surface area contributed by atoms with Crippen LogP contribution in [0, 0.1) is 5.92 Å². The van der Waals surface area contributed by atoms with Crippen LogP contribution in [0.4, 0.5) is 0 Å². The van der Waals surface area contributed by atoms with E-state index in [2.05, 4.69) is 35.9 Å². The zero-order valence-electron chi connectivity index (χ0n) is 13.6. The number of rotatable bonds is 6. The average Bonchev–Trinajstić information content (AvgIpc) is 3.01. The number of nitrogens with one attached hydrogen (secondary N) is 1. The fourth-order valence-electron chi connectivity index (χ4n) is 3.55. The van der Waals surface area contributed by atoms with Crippen LogP contribution in [0.25, 0.3) is 0 Å².